The fourth-order valence-corrected chi connectivity index (χ4v) is 2.49. The van der Waals surface area contributed by atoms with Crippen molar-refractivity contribution >= 4 is 12.1 Å². The number of carbonyl (C=O) groups is 2. The minimum absolute atomic E-state index is 0.199. The number of unbranched alkanes of at least 4 members (excludes halogenated alkanes) is 11. The Morgan fingerprint density at radius 2 is 1.26 bits per heavy atom. The molecule has 0 aromatic heterocycles. The van der Waals surface area contributed by atoms with Crippen LogP contribution in [0.5, 0.6) is 0 Å². The first-order chi connectivity index (χ1) is 11.2. The molecule has 0 saturated heterocycles. The van der Waals surface area contributed by atoms with E-state index in [1.165, 1.54) is 51.4 Å². The Labute approximate surface area is 141 Å². The molecule has 0 radical (unpaired) electrons. The molecule has 4 heteroatoms. The van der Waals surface area contributed by atoms with E-state index in [4.69, 9.17) is 5.11 Å². The molecular weight excluding hydrogens is 292 g/mol. The lowest BCUT2D eigenvalue weighted by Crippen LogP contribution is -2.09. The zero-order valence-electron chi connectivity index (χ0n) is 14.7. The van der Waals surface area contributed by atoms with Crippen LogP contribution in [0.25, 0.3) is 0 Å². The maximum atomic E-state index is 11.0. The highest BCUT2D eigenvalue weighted by molar-refractivity contribution is 5.80. The van der Waals surface area contributed by atoms with E-state index in [0.29, 0.717) is 6.42 Å². The summed E-state index contributed by atoms with van der Waals surface area (Å²) >= 11 is 0. The van der Waals surface area contributed by atoms with E-state index in [0.717, 1.165) is 25.7 Å². The van der Waals surface area contributed by atoms with Gasteiger partial charge in [0.05, 0.1) is 0 Å². The van der Waals surface area contributed by atoms with Crippen LogP contribution < -0.4 is 0 Å². The summed E-state index contributed by atoms with van der Waals surface area (Å²) in [7, 11) is 0. The molecule has 0 bridgehead atoms. The number of hydrogen-bond donors (Lipinski definition) is 1. The van der Waals surface area contributed by atoms with E-state index < -0.39 is 12.1 Å². The molecule has 23 heavy (non-hydrogen) atoms. The van der Waals surface area contributed by atoms with Gasteiger partial charge in [-0.2, -0.15) is 0 Å². The zero-order chi connectivity index (χ0) is 17.2. The van der Waals surface area contributed by atoms with Crippen molar-refractivity contribution in [2.75, 3.05) is 0 Å². The van der Waals surface area contributed by atoms with E-state index in [9.17, 15) is 9.59 Å². The third-order valence-corrected chi connectivity index (χ3v) is 3.84. The Hall–Kier alpha value is -1.32. The average Bonchev–Trinajstić information content (AvgIpc) is 2.50. The maximum Gasteiger partial charge on any atom is 0.513 e. The highest BCUT2D eigenvalue weighted by Crippen LogP contribution is 2.10. The minimum Gasteiger partial charge on any atom is -0.449 e. The fraction of sp³-hybridized carbons (Fsp3) is 0.789. The van der Waals surface area contributed by atoms with Gasteiger partial charge in [0.15, 0.2) is 0 Å². The Bertz CT molecular complexity index is 323. The van der Waals surface area contributed by atoms with E-state index in [1.54, 1.807) is 0 Å². The Morgan fingerprint density at radius 3 is 1.78 bits per heavy atom. The highest BCUT2D eigenvalue weighted by Gasteiger charge is 2.06. The lowest BCUT2D eigenvalue weighted by molar-refractivity contribution is -0.139. The number of rotatable bonds is 15. The number of carbonyl (C=O) groups excluding carboxylic acids is 1. The maximum absolute atomic E-state index is 11.0. The van der Waals surface area contributed by atoms with Gasteiger partial charge in [0.2, 0.25) is 0 Å². The Balaban J connectivity index is 3.19. The molecule has 4 nitrogen and oxygen atoms in total. The Morgan fingerprint density at radius 1 is 0.783 bits per heavy atom. The normalized spacial score (nSPS) is 11.0. The molecule has 0 amide bonds. The lowest BCUT2D eigenvalue weighted by Gasteiger charge is -2.00. The van der Waals surface area contributed by atoms with E-state index in [-0.39, 0.29) is 6.42 Å². The first-order valence-corrected chi connectivity index (χ1v) is 9.25. The molecule has 0 heterocycles. The van der Waals surface area contributed by atoms with Crippen molar-refractivity contribution < 1.29 is 19.4 Å². The molecule has 0 aromatic carbocycles. The molecule has 0 aliphatic carbocycles. The van der Waals surface area contributed by atoms with Crippen LogP contribution in [-0.2, 0) is 9.53 Å². The first kappa shape index (κ1) is 21.7. The number of carboxylic acid groups (broad SMARTS) is 1. The van der Waals surface area contributed by atoms with Gasteiger partial charge < -0.3 is 9.84 Å². The molecule has 0 rings (SSSR count). The molecule has 0 spiro atoms. The molecule has 1 N–H and O–H groups in total. The van der Waals surface area contributed by atoms with Crippen LogP contribution in [0, 0.1) is 0 Å². The van der Waals surface area contributed by atoms with Gasteiger partial charge >= 0.3 is 12.1 Å². The zero-order valence-corrected chi connectivity index (χ0v) is 14.7. The van der Waals surface area contributed by atoms with Crippen LogP contribution in [0.15, 0.2) is 12.2 Å². The van der Waals surface area contributed by atoms with Crippen molar-refractivity contribution in [3.63, 3.8) is 0 Å². The van der Waals surface area contributed by atoms with Crippen molar-refractivity contribution in [1.29, 1.82) is 0 Å². The molecule has 134 valence electrons. The molecule has 0 saturated carbocycles. The minimum atomic E-state index is -1.51. The Kier molecular flexibility index (Phi) is 16.1. The summed E-state index contributed by atoms with van der Waals surface area (Å²) in [5, 5.41) is 8.26. The van der Waals surface area contributed by atoms with Crippen LogP contribution in [0.2, 0.25) is 0 Å². The van der Waals surface area contributed by atoms with Gasteiger partial charge in [-0.15, -0.1) is 0 Å². The third kappa shape index (κ3) is 18.6. The number of ether oxygens (including phenoxy) is 1. The summed E-state index contributed by atoms with van der Waals surface area (Å²) in [4.78, 5) is 21.1. The summed E-state index contributed by atoms with van der Waals surface area (Å²) in [5.74, 6) is -0.643. The van der Waals surface area contributed by atoms with Crippen LogP contribution in [0.1, 0.15) is 96.8 Å². The van der Waals surface area contributed by atoms with Crippen LogP contribution in [0.3, 0.4) is 0 Å². The van der Waals surface area contributed by atoms with Crippen LogP contribution >= 0.6 is 0 Å². The average molecular weight is 326 g/mol. The van der Waals surface area contributed by atoms with E-state index in [1.807, 2.05) is 0 Å². The van der Waals surface area contributed by atoms with Gasteiger partial charge in [-0.3, -0.25) is 4.79 Å². The quantitative estimate of drug-likeness (QED) is 0.167. The predicted octanol–water partition coefficient (Wildman–Crippen LogP) is 6.25. The summed E-state index contributed by atoms with van der Waals surface area (Å²) in [6.07, 6.45) is 18.8. The van der Waals surface area contributed by atoms with Crippen molar-refractivity contribution in [1.82, 2.24) is 0 Å². The molecule has 0 aromatic rings. The molecular formula is C19H34O4. The molecule has 0 aliphatic heterocycles. The summed E-state index contributed by atoms with van der Waals surface area (Å²) in [5.41, 5.74) is 0. The standard InChI is InChI=1S/C19H34O4/c1-2-3-4-5-6-7-8-9-10-11-12-13-14-15-16-17-18(20)23-19(21)22/h9-10H,2-8,11-17H2,1H3,(H,21,22)/b10-9-. The second-order valence-corrected chi connectivity index (χ2v) is 6.07. The van der Waals surface area contributed by atoms with E-state index in [2.05, 4.69) is 23.8 Å². The summed E-state index contributed by atoms with van der Waals surface area (Å²) < 4.78 is 4.04. The van der Waals surface area contributed by atoms with Gasteiger partial charge in [0, 0.05) is 6.42 Å². The summed E-state index contributed by atoms with van der Waals surface area (Å²) in [6.45, 7) is 2.25. The van der Waals surface area contributed by atoms with Gasteiger partial charge in [0.25, 0.3) is 0 Å². The second-order valence-electron chi connectivity index (χ2n) is 6.07. The monoisotopic (exact) mass is 326 g/mol. The smallest absolute Gasteiger partial charge is 0.449 e. The molecule has 0 unspecified atom stereocenters. The van der Waals surface area contributed by atoms with Gasteiger partial charge in [-0.25, -0.2) is 4.79 Å². The van der Waals surface area contributed by atoms with Gasteiger partial charge in [-0.05, 0) is 32.1 Å². The molecule has 0 aliphatic rings. The van der Waals surface area contributed by atoms with Crippen molar-refractivity contribution in [3.05, 3.63) is 12.2 Å². The van der Waals surface area contributed by atoms with Gasteiger partial charge in [-0.1, -0.05) is 70.4 Å². The topological polar surface area (TPSA) is 63.6 Å². The highest BCUT2D eigenvalue weighted by atomic mass is 16.7. The van der Waals surface area contributed by atoms with Crippen molar-refractivity contribution in [3.8, 4) is 0 Å². The molecule has 0 atom stereocenters. The van der Waals surface area contributed by atoms with E-state index >= 15 is 0 Å². The largest absolute Gasteiger partial charge is 0.513 e. The van der Waals surface area contributed by atoms with Gasteiger partial charge in [0.1, 0.15) is 0 Å². The van der Waals surface area contributed by atoms with Crippen LogP contribution in [0.4, 0.5) is 4.79 Å². The third-order valence-electron chi connectivity index (χ3n) is 3.84. The summed E-state index contributed by atoms with van der Waals surface area (Å²) in [6, 6.07) is 0. The lowest BCUT2D eigenvalue weighted by atomic mass is 10.1. The van der Waals surface area contributed by atoms with Crippen molar-refractivity contribution in [2.24, 2.45) is 0 Å². The van der Waals surface area contributed by atoms with Crippen LogP contribution in [-0.4, -0.2) is 17.2 Å². The fourth-order valence-electron chi connectivity index (χ4n) is 2.49. The number of hydrogen-bond acceptors (Lipinski definition) is 3. The predicted molar refractivity (Wildman–Crippen MR) is 93.6 cm³/mol. The molecule has 0 fully saturated rings. The number of allylic oxidation sites excluding steroid dienone is 2. The van der Waals surface area contributed by atoms with Crippen molar-refractivity contribution in [2.45, 2.75) is 96.8 Å². The second kappa shape index (κ2) is 17.0. The SMILES string of the molecule is CCCCCCCC/C=C\CCCCCCCC(=O)OC(=O)O. The number of esters is 1. The first-order valence-electron chi connectivity index (χ1n) is 9.25.